The van der Waals surface area contributed by atoms with Gasteiger partial charge in [-0.3, -0.25) is 0 Å². The minimum atomic E-state index is 0.468. The van der Waals surface area contributed by atoms with Gasteiger partial charge in [0.2, 0.25) is 0 Å². The SMILES string of the molecule is CC(C)[C@@]1(C)CN(C)CC1(C)C. The molecule has 1 nitrogen and oxygen atoms in total. The van der Waals surface area contributed by atoms with Crippen molar-refractivity contribution in [3.8, 4) is 0 Å². The molecule has 72 valence electrons. The summed E-state index contributed by atoms with van der Waals surface area (Å²) in [5, 5.41) is 0. The summed E-state index contributed by atoms with van der Waals surface area (Å²) >= 11 is 0. The molecule has 0 saturated carbocycles. The maximum absolute atomic E-state index is 2.46. The Labute approximate surface area is 77.1 Å². The fraction of sp³-hybridized carbons (Fsp3) is 1.00. The fourth-order valence-electron chi connectivity index (χ4n) is 2.65. The molecule has 0 aromatic carbocycles. The number of hydrogen-bond acceptors (Lipinski definition) is 1. The van der Waals surface area contributed by atoms with E-state index >= 15 is 0 Å². The molecule has 0 radical (unpaired) electrons. The van der Waals surface area contributed by atoms with Gasteiger partial charge in [0.1, 0.15) is 0 Å². The van der Waals surface area contributed by atoms with Gasteiger partial charge in [-0.2, -0.15) is 0 Å². The molecule has 1 atom stereocenters. The van der Waals surface area contributed by atoms with Crippen molar-refractivity contribution in [2.75, 3.05) is 20.1 Å². The van der Waals surface area contributed by atoms with Crippen LogP contribution < -0.4 is 0 Å². The van der Waals surface area contributed by atoms with E-state index in [-0.39, 0.29) is 0 Å². The van der Waals surface area contributed by atoms with Gasteiger partial charge >= 0.3 is 0 Å². The Hall–Kier alpha value is -0.0400. The molecule has 0 aromatic heterocycles. The maximum atomic E-state index is 2.46. The first kappa shape index (κ1) is 10.0. The molecule has 0 aromatic rings. The van der Waals surface area contributed by atoms with Crippen molar-refractivity contribution >= 4 is 0 Å². The summed E-state index contributed by atoms with van der Waals surface area (Å²) in [6.07, 6.45) is 0. The molecule has 0 bridgehead atoms. The quantitative estimate of drug-likeness (QED) is 0.583. The third kappa shape index (κ3) is 1.28. The van der Waals surface area contributed by atoms with Crippen molar-refractivity contribution in [1.82, 2.24) is 4.90 Å². The van der Waals surface area contributed by atoms with E-state index in [1.165, 1.54) is 13.1 Å². The minimum Gasteiger partial charge on any atom is -0.305 e. The van der Waals surface area contributed by atoms with Gasteiger partial charge in [0.25, 0.3) is 0 Å². The molecule has 0 unspecified atom stereocenters. The molecule has 12 heavy (non-hydrogen) atoms. The van der Waals surface area contributed by atoms with Crippen LogP contribution in [0.4, 0.5) is 0 Å². The highest BCUT2D eigenvalue weighted by Crippen LogP contribution is 2.49. The Bertz CT molecular complexity index is 172. The average Bonchev–Trinajstić information content (AvgIpc) is 2.02. The lowest BCUT2D eigenvalue weighted by atomic mass is 9.63. The standard InChI is InChI=1S/C11H23N/c1-9(2)11(5)8-12(6)7-10(11,3)4/h9H,7-8H2,1-6H3/t11-/m1/s1. The molecular formula is C11H23N. The Morgan fingerprint density at radius 3 is 1.75 bits per heavy atom. The van der Waals surface area contributed by atoms with Gasteiger partial charge in [0.15, 0.2) is 0 Å². The number of rotatable bonds is 1. The van der Waals surface area contributed by atoms with Crippen LogP contribution in [0.15, 0.2) is 0 Å². The van der Waals surface area contributed by atoms with Crippen LogP contribution in [0.5, 0.6) is 0 Å². The van der Waals surface area contributed by atoms with Crippen LogP contribution in [0, 0.1) is 16.7 Å². The lowest BCUT2D eigenvalue weighted by molar-refractivity contribution is 0.0948. The summed E-state index contributed by atoms with van der Waals surface area (Å²) in [5.41, 5.74) is 0.956. The first-order chi connectivity index (χ1) is 5.29. The number of likely N-dealkylation sites (tertiary alicyclic amines) is 1. The molecule has 1 aliphatic rings. The van der Waals surface area contributed by atoms with E-state index < -0.39 is 0 Å². The third-order valence-electron chi connectivity index (χ3n) is 4.08. The topological polar surface area (TPSA) is 3.24 Å². The Balaban J connectivity index is 2.90. The van der Waals surface area contributed by atoms with Gasteiger partial charge in [0, 0.05) is 13.1 Å². The zero-order chi connectivity index (χ0) is 9.57. The van der Waals surface area contributed by atoms with Crippen molar-refractivity contribution < 1.29 is 0 Å². The van der Waals surface area contributed by atoms with Crippen LogP contribution in [0.1, 0.15) is 34.6 Å². The van der Waals surface area contributed by atoms with Crippen molar-refractivity contribution in [1.29, 1.82) is 0 Å². The van der Waals surface area contributed by atoms with Crippen molar-refractivity contribution in [2.24, 2.45) is 16.7 Å². The smallest absolute Gasteiger partial charge is 0.00406 e. The molecule has 1 saturated heterocycles. The monoisotopic (exact) mass is 169 g/mol. The van der Waals surface area contributed by atoms with Crippen molar-refractivity contribution in [3.63, 3.8) is 0 Å². The predicted octanol–water partition coefficient (Wildman–Crippen LogP) is 2.62. The molecule has 0 aliphatic carbocycles. The van der Waals surface area contributed by atoms with E-state index in [4.69, 9.17) is 0 Å². The van der Waals surface area contributed by atoms with Crippen LogP contribution in [-0.4, -0.2) is 25.0 Å². The third-order valence-corrected chi connectivity index (χ3v) is 4.08. The molecule has 1 rings (SSSR count). The molecule has 1 heterocycles. The summed E-state index contributed by atoms with van der Waals surface area (Å²) < 4.78 is 0. The second kappa shape index (κ2) is 2.73. The fourth-order valence-corrected chi connectivity index (χ4v) is 2.65. The van der Waals surface area contributed by atoms with Crippen LogP contribution in [0.3, 0.4) is 0 Å². The summed E-state index contributed by atoms with van der Waals surface area (Å²) in [4.78, 5) is 2.46. The van der Waals surface area contributed by atoms with Crippen LogP contribution in [0.2, 0.25) is 0 Å². The largest absolute Gasteiger partial charge is 0.305 e. The lowest BCUT2D eigenvalue weighted by Gasteiger charge is -2.40. The van der Waals surface area contributed by atoms with Gasteiger partial charge in [-0.05, 0) is 23.8 Å². The van der Waals surface area contributed by atoms with Gasteiger partial charge in [-0.25, -0.2) is 0 Å². The van der Waals surface area contributed by atoms with Gasteiger partial charge < -0.3 is 4.90 Å². The summed E-state index contributed by atoms with van der Waals surface area (Å²) in [6.45, 7) is 14.4. The Morgan fingerprint density at radius 2 is 1.58 bits per heavy atom. The first-order valence-corrected chi connectivity index (χ1v) is 4.98. The predicted molar refractivity (Wildman–Crippen MR) is 54.2 cm³/mol. The summed E-state index contributed by atoms with van der Waals surface area (Å²) in [5.74, 6) is 0.775. The summed E-state index contributed by atoms with van der Waals surface area (Å²) in [7, 11) is 2.23. The lowest BCUT2D eigenvalue weighted by Crippen LogP contribution is -2.38. The van der Waals surface area contributed by atoms with E-state index in [2.05, 4.69) is 46.6 Å². The normalized spacial score (nSPS) is 36.2. The second-order valence-corrected chi connectivity index (χ2v) is 5.63. The van der Waals surface area contributed by atoms with Gasteiger partial charge in [-0.1, -0.05) is 34.6 Å². The minimum absolute atomic E-state index is 0.468. The molecule has 0 N–H and O–H groups in total. The van der Waals surface area contributed by atoms with E-state index in [9.17, 15) is 0 Å². The van der Waals surface area contributed by atoms with Crippen molar-refractivity contribution in [3.05, 3.63) is 0 Å². The molecule has 1 heteroatoms. The van der Waals surface area contributed by atoms with Crippen LogP contribution in [0.25, 0.3) is 0 Å². The Kier molecular flexibility index (Phi) is 2.28. The average molecular weight is 169 g/mol. The zero-order valence-electron chi connectivity index (χ0n) is 9.44. The van der Waals surface area contributed by atoms with E-state index in [1.807, 2.05) is 0 Å². The highest BCUT2D eigenvalue weighted by Gasteiger charge is 2.49. The molecule has 0 amide bonds. The molecule has 0 spiro atoms. The first-order valence-electron chi connectivity index (χ1n) is 4.98. The molecule has 1 fully saturated rings. The molecular weight excluding hydrogens is 146 g/mol. The van der Waals surface area contributed by atoms with Crippen molar-refractivity contribution in [2.45, 2.75) is 34.6 Å². The van der Waals surface area contributed by atoms with Crippen LogP contribution in [-0.2, 0) is 0 Å². The van der Waals surface area contributed by atoms with E-state index in [0.29, 0.717) is 10.8 Å². The second-order valence-electron chi connectivity index (χ2n) is 5.63. The van der Waals surface area contributed by atoms with Gasteiger partial charge in [0.05, 0.1) is 0 Å². The van der Waals surface area contributed by atoms with Crippen LogP contribution >= 0.6 is 0 Å². The van der Waals surface area contributed by atoms with E-state index in [1.54, 1.807) is 0 Å². The molecule has 1 aliphatic heterocycles. The highest BCUT2D eigenvalue weighted by molar-refractivity contribution is 5.00. The Morgan fingerprint density at radius 1 is 1.08 bits per heavy atom. The summed E-state index contributed by atoms with van der Waals surface area (Å²) in [6, 6.07) is 0. The zero-order valence-corrected chi connectivity index (χ0v) is 9.44. The number of nitrogens with zero attached hydrogens (tertiary/aromatic N) is 1. The van der Waals surface area contributed by atoms with E-state index in [0.717, 1.165) is 5.92 Å². The van der Waals surface area contributed by atoms with Gasteiger partial charge in [-0.15, -0.1) is 0 Å². The number of hydrogen-bond donors (Lipinski definition) is 0. The maximum Gasteiger partial charge on any atom is 0.00406 e. The highest BCUT2D eigenvalue weighted by atomic mass is 15.1.